The molecule has 0 fully saturated rings. The Bertz CT molecular complexity index is 210. The summed E-state index contributed by atoms with van der Waals surface area (Å²) in [5, 5.41) is 2.49. The van der Waals surface area contributed by atoms with Crippen LogP contribution in [0.3, 0.4) is 0 Å². The van der Waals surface area contributed by atoms with E-state index in [0.29, 0.717) is 13.0 Å². The Labute approximate surface area is 88.1 Å². The van der Waals surface area contributed by atoms with E-state index in [2.05, 4.69) is 10.1 Å². The van der Waals surface area contributed by atoms with Gasteiger partial charge in [-0.3, -0.25) is 4.79 Å². The third-order valence-electron chi connectivity index (χ3n) is 1.62. The monoisotopic (exact) mass is 219 g/mol. The van der Waals surface area contributed by atoms with Crippen LogP contribution >= 0.6 is 0 Å². The van der Waals surface area contributed by atoms with Gasteiger partial charge in [0.1, 0.15) is 6.61 Å². The van der Waals surface area contributed by atoms with Gasteiger partial charge in [-0.2, -0.15) is 0 Å². The first-order chi connectivity index (χ1) is 7.07. The maximum atomic E-state index is 11.2. The van der Waals surface area contributed by atoms with Gasteiger partial charge in [-0.25, -0.2) is 4.79 Å². The van der Waals surface area contributed by atoms with Crippen LogP contribution in [0.15, 0.2) is 0 Å². The third kappa shape index (κ3) is 7.71. The zero-order chi connectivity index (χ0) is 11.7. The minimum absolute atomic E-state index is 0.0398. The molecule has 0 aromatic rings. The molecule has 0 aliphatic carbocycles. The van der Waals surface area contributed by atoms with Crippen molar-refractivity contribution in [2.45, 2.75) is 12.5 Å². The average molecular weight is 219 g/mol. The fraction of sp³-hybridized carbons (Fsp3) is 0.750. The van der Waals surface area contributed by atoms with Crippen molar-refractivity contribution in [3.63, 3.8) is 0 Å². The predicted molar refractivity (Wildman–Crippen MR) is 53.0 cm³/mol. The van der Waals surface area contributed by atoms with Gasteiger partial charge in [0.25, 0.3) is 0 Å². The standard InChI is InChI=1S/C8H17N3O4/c1-14-4-2-6(9)7(12)11-3-5-15-8(10)13/h6H,2-5,9H2,1H3,(H2,10,13)(H,11,12). The van der Waals surface area contributed by atoms with Crippen molar-refractivity contribution in [1.29, 1.82) is 0 Å². The van der Waals surface area contributed by atoms with E-state index in [9.17, 15) is 9.59 Å². The molecule has 1 unspecified atom stereocenters. The largest absolute Gasteiger partial charge is 0.448 e. The van der Waals surface area contributed by atoms with Gasteiger partial charge in [0, 0.05) is 13.7 Å². The topological polar surface area (TPSA) is 117 Å². The van der Waals surface area contributed by atoms with E-state index < -0.39 is 12.1 Å². The highest BCUT2D eigenvalue weighted by Gasteiger charge is 2.11. The molecule has 1 atom stereocenters. The van der Waals surface area contributed by atoms with Crippen molar-refractivity contribution >= 4 is 12.0 Å². The maximum Gasteiger partial charge on any atom is 0.404 e. The molecule has 2 amide bonds. The van der Waals surface area contributed by atoms with Crippen LogP contribution in [0.2, 0.25) is 0 Å². The first kappa shape index (κ1) is 13.7. The number of primary amides is 1. The molecule has 0 aliphatic heterocycles. The minimum atomic E-state index is -0.868. The lowest BCUT2D eigenvalue weighted by Crippen LogP contribution is -2.42. The Morgan fingerprint density at radius 1 is 1.40 bits per heavy atom. The van der Waals surface area contributed by atoms with Crippen LogP contribution in [0.1, 0.15) is 6.42 Å². The zero-order valence-corrected chi connectivity index (χ0v) is 8.69. The Morgan fingerprint density at radius 3 is 2.60 bits per heavy atom. The summed E-state index contributed by atoms with van der Waals surface area (Å²) in [6.45, 7) is 0.660. The van der Waals surface area contributed by atoms with E-state index in [0.717, 1.165) is 0 Å². The second-order valence-electron chi connectivity index (χ2n) is 2.85. The number of hydrogen-bond donors (Lipinski definition) is 3. The van der Waals surface area contributed by atoms with Gasteiger partial charge >= 0.3 is 6.09 Å². The van der Waals surface area contributed by atoms with E-state index >= 15 is 0 Å². The van der Waals surface area contributed by atoms with Crippen molar-refractivity contribution in [3.8, 4) is 0 Å². The Morgan fingerprint density at radius 2 is 2.07 bits per heavy atom. The number of nitrogens with one attached hydrogen (secondary N) is 1. The summed E-state index contributed by atoms with van der Waals surface area (Å²) in [6, 6.07) is -0.612. The number of methoxy groups -OCH3 is 1. The van der Waals surface area contributed by atoms with Gasteiger partial charge < -0.3 is 26.3 Å². The number of carbonyl (C=O) groups is 2. The van der Waals surface area contributed by atoms with Gasteiger partial charge in [0.05, 0.1) is 12.6 Å². The lowest BCUT2D eigenvalue weighted by molar-refractivity contribution is -0.122. The molecule has 0 aliphatic rings. The summed E-state index contributed by atoms with van der Waals surface area (Å²) in [7, 11) is 1.53. The van der Waals surface area contributed by atoms with E-state index in [1.807, 2.05) is 0 Å². The molecule has 0 heterocycles. The van der Waals surface area contributed by atoms with Crippen molar-refractivity contribution in [2.24, 2.45) is 11.5 Å². The van der Waals surface area contributed by atoms with Crippen LogP contribution < -0.4 is 16.8 Å². The van der Waals surface area contributed by atoms with Crippen LogP contribution in [-0.2, 0) is 14.3 Å². The number of nitrogens with two attached hydrogens (primary N) is 2. The molecule has 0 saturated carbocycles. The summed E-state index contributed by atoms with van der Waals surface area (Å²) in [5.74, 6) is -0.305. The van der Waals surface area contributed by atoms with Crippen molar-refractivity contribution in [3.05, 3.63) is 0 Å². The molecule has 15 heavy (non-hydrogen) atoms. The van der Waals surface area contributed by atoms with Crippen LogP contribution in [-0.4, -0.2) is 44.9 Å². The maximum absolute atomic E-state index is 11.2. The van der Waals surface area contributed by atoms with E-state index in [-0.39, 0.29) is 19.1 Å². The van der Waals surface area contributed by atoms with E-state index in [4.69, 9.17) is 16.2 Å². The highest BCUT2D eigenvalue weighted by molar-refractivity contribution is 5.81. The van der Waals surface area contributed by atoms with Gasteiger partial charge in [-0.1, -0.05) is 0 Å². The lowest BCUT2D eigenvalue weighted by Gasteiger charge is -2.11. The highest BCUT2D eigenvalue weighted by Crippen LogP contribution is 1.88. The third-order valence-corrected chi connectivity index (χ3v) is 1.62. The summed E-state index contributed by atoms with van der Waals surface area (Å²) >= 11 is 0. The number of ether oxygens (including phenoxy) is 2. The van der Waals surface area contributed by atoms with Crippen LogP contribution in [0.5, 0.6) is 0 Å². The predicted octanol–water partition coefficient (Wildman–Crippen LogP) is -1.44. The second-order valence-corrected chi connectivity index (χ2v) is 2.85. The molecular weight excluding hydrogens is 202 g/mol. The van der Waals surface area contributed by atoms with Crippen LogP contribution in [0.4, 0.5) is 4.79 Å². The second kappa shape index (κ2) is 8.01. The van der Waals surface area contributed by atoms with Gasteiger partial charge in [-0.15, -0.1) is 0 Å². The van der Waals surface area contributed by atoms with Crippen molar-refractivity contribution in [1.82, 2.24) is 5.32 Å². The van der Waals surface area contributed by atoms with Crippen molar-refractivity contribution < 1.29 is 19.1 Å². The average Bonchev–Trinajstić information content (AvgIpc) is 2.20. The molecule has 0 spiro atoms. The minimum Gasteiger partial charge on any atom is -0.448 e. The zero-order valence-electron chi connectivity index (χ0n) is 8.69. The molecule has 0 radical (unpaired) electrons. The Hall–Kier alpha value is -1.34. The van der Waals surface area contributed by atoms with Gasteiger partial charge in [0.15, 0.2) is 0 Å². The van der Waals surface area contributed by atoms with Crippen LogP contribution in [0.25, 0.3) is 0 Å². The van der Waals surface area contributed by atoms with Crippen molar-refractivity contribution in [2.75, 3.05) is 26.9 Å². The molecule has 0 rings (SSSR count). The molecule has 7 heteroatoms. The smallest absolute Gasteiger partial charge is 0.404 e. The highest BCUT2D eigenvalue weighted by atomic mass is 16.5. The SMILES string of the molecule is COCCC(N)C(=O)NCCOC(N)=O. The molecule has 0 aromatic heterocycles. The summed E-state index contributed by atoms with van der Waals surface area (Å²) in [5.41, 5.74) is 10.2. The quantitative estimate of drug-likeness (QED) is 0.453. The molecular formula is C8H17N3O4. The normalized spacial score (nSPS) is 11.9. The van der Waals surface area contributed by atoms with E-state index in [1.54, 1.807) is 0 Å². The molecule has 7 nitrogen and oxygen atoms in total. The first-order valence-corrected chi connectivity index (χ1v) is 4.52. The first-order valence-electron chi connectivity index (χ1n) is 4.52. The number of carbonyl (C=O) groups excluding carboxylic acids is 2. The summed E-state index contributed by atoms with van der Waals surface area (Å²) in [6.07, 6.45) is -0.424. The number of hydrogen-bond acceptors (Lipinski definition) is 5. The summed E-state index contributed by atoms with van der Waals surface area (Å²) < 4.78 is 9.19. The molecule has 88 valence electrons. The van der Waals surface area contributed by atoms with Gasteiger partial charge in [0.2, 0.25) is 5.91 Å². The lowest BCUT2D eigenvalue weighted by atomic mass is 10.2. The molecule has 0 saturated heterocycles. The molecule has 5 N–H and O–H groups in total. The fourth-order valence-electron chi connectivity index (χ4n) is 0.833. The Balaban J connectivity index is 3.51. The Kier molecular flexibility index (Phi) is 7.29. The van der Waals surface area contributed by atoms with E-state index in [1.165, 1.54) is 7.11 Å². The van der Waals surface area contributed by atoms with Gasteiger partial charge in [-0.05, 0) is 6.42 Å². The number of rotatable bonds is 7. The van der Waals surface area contributed by atoms with Crippen LogP contribution in [0, 0.1) is 0 Å². The number of amides is 2. The fourth-order valence-corrected chi connectivity index (χ4v) is 0.833. The molecule has 0 aromatic carbocycles. The summed E-state index contributed by atoms with van der Waals surface area (Å²) in [4.78, 5) is 21.4. The molecule has 0 bridgehead atoms.